The van der Waals surface area contributed by atoms with Gasteiger partial charge in [-0.15, -0.1) is 0 Å². The third kappa shape index (κ3) is 3.20. The van der Waals surface area contributed by atoms with Crippen LogP contribution in [0.5, 0.6) is 0 Å². The van der Waals surface area contributed by atoms with Crippen LogP contribution in [0.15, 0.2) is 54.6 Å². The molecule has 0 unspecified atom stereocenters. The highest BCUT2D eigenvalue weighted by molar-refractivity contribution is 6.30. The van der Waals surface area contributed by atoms with Gasteiger partial charge in [-0.1, -0.05) is 47.5 Å². The predicted octanol–water partition coefficient (Wildman–Crippen LogP) is 4.49. The number of benzene rings is 2. The molecule has 0 aliphatic carbocycles. The van der Waals surface area contributed by atoms with E-state index in [0.29, 0.717) is 22.4 Å². The van der Waals surface area contributed by atoms with Gasteiger partial charge in [-0.25, -0.2) is 4.68 Å². The molecule has 0 saturated carbocycles. The number of nitrogens with two attached hydrogens (primary N) is 1. The number of nitrogen functional groups attached to an aromatic ring is 1. The fourth-order valence-electron chi connectivity index (χ4n) is 2.08. The van der Waals surface area contributed by atoms with Crippen LogP contribution in [0.2, 0.25) is 10.0 Å². The Morgan fingerprint density at radius 3 is 2.10 bits per heavy atom. The van der Waals surface area contributed by atoms with Crippen molar-refractivity contribution in [2.75, 3.05) is 5.73 Å². The monoisotopic (exact) mass is 317 g/mol. The standard InChI is InChI=1S/C16H13Cl2N3/c17-13-5-1-11(2-6-13)10-21-16(19)9-15(20-21)12-3-7-14(18)8-4-12/h1-9H,10,19H2. The summed E-state index contributed by atoms with van der Waals surface area (Å²) < 4.78 is 1.77. The number of anilines is 1. The molecule has 0 aliphatic heterocycles. The van der Waals surface area contributed by atoms with E-state index >= 15 is 0 Å². The summed E-state index contributed by atoms with van der Waals surface area (Å²) in [5.74, 6) is 0.620. The lowest BCUT2D eigenvalue weighted by molar-refractivity contribution is 0.700. The largest absolute Gasteiger partial charge is 0.384 e. The van der Waals surface area contributed by atoms with E-state index in [1.807, 2.05) is 54.6 Å². The van der Waals surface area contributed by atoms with Gasteiger partial charge in [0, 0.05) is 21.7 Å². The summed E-state index contributed by atoms with van der Waals surface area (Å²) in [6.45, 7) is 0.608. The van der Waals surface area contributed by atoms with Gasteiger partial charge >= 0.3 is 0 Å². The molecule has 3 nitrogen and oxygen atoms in total. The van der Waals surface area contributed by atoms with E-state index in [9.17, 15) is 0 Å². The van der Waals surface area contributed by atoms with Crippen LogP contribution in [-0.4, -0.2) is 9.78 Å². The summed E-state index contributed by atoms with van der Waals surface area (Å²) in [4.78, 5) is 0. The molecule has 5 heteroatoms. The van der Waals surface area contributed by atoms with Crippen LogP contribution in [-0.2, 0) is 6.54 Å². The van der Waals surface area contributed by atoms with Gasteiger partial charge in [0.1, 0.15) is 5.82 Å². The number of rotatable bonds is 3. The van der Waals surface area contributed by atoms with Gasteiger partial charge in [-0.2, -0.15) is 5.10 Å². The van der Waals surface area contributed by atoms with Crippen molar-refractivity contribution < 1.29 is 0 Å². The highest BCUT2D eigenvalue weighted by atomic mass is 35.5. The minimum atomic E-state index is 0.608. The average molecular weight is 318 g/mol. The van der Waals surface area contributed by atoms with Gasteiger partial charge in [0.2, 0.25) is 0 Å². The lowest BCUT2D eigenvalue weighted by Crippen LogP contribution is -2.05. The van der Waals surface area contributed by atoms with Crippen molar-refractivity contribution in [2.45, 2.75) is 6.54 Å². The molecule has 21 heavy (non-hydrogen) atoms. The molecular formula is C16H13Cl2N3. The zero-order chi connectivity index (χ0) is 14.8. The molecule has 106 valence electrons. The first-order chi connectivity index (χ1) is 10.1. The van der Waals surface area contributed by atoms with Gasteiger partial charge in [0.25, 0.3) is 0 Å². The molecule has 2 N–H and O–H groups in total. The van der Waals surface area contributed by atoms with Crippen LogP contribution in [0.1, 0.15) is 5.56 Å². The van der Waals surface area contributed by atoms with E-state index in [2.05, 4.69) is 5.10 Å². The maximum atomic E-state index is 6.03. The van der Waals surface area contributed by atoms with Crippen molar-refractivity contribution in [1.29, 1.82) is 0 Å². The van der Waals surface area contributed by atoms with Crippen LogP contribution >= 0.6 is 23.2 Å². The Morgan fingerprint density at radius 2 is 1.48 bits per heavy atom. The molecule has 3 aromatic rings. The Labute approximate surface area is 132 Å². The normalized spacial score (nSPS) is 10.8. The molecule has 0 radical (unpaired) electrons. The van der Waals surface area contributed by atoms with E-state index in [0.717, 1.165) is 16.8 Å². The van der Waals surface area contributed by atoms with Crippen molar-refractivity contribution >= 4 is 29.0 Å². The molecule has 0 bridgehead atoms. The summed E-state index contributed by atoms with van der Waals surface area (Å²) >= 11 is 11.8. The van der Waals surface area contributed by atoms with Gasteiger partial charge in [-0.05, 0) is 29.8 Å². The highest BCUT2D eigenvalue weighted by Crippen LogP contribution is 2.23. The Morgan fingerprint density at radius 1 is 0.905 bits per heavy atom. The van der Waals surface area contributed by atoms with Crippen LogP contribution in [0.4, 0.5) is 5.82 Å². The molecule has 0 spiro atoms. The van der Waals surface area contributed by atoms with Crippen LogP contribution < -0.4 is 5.73 Å². The van der Waals surface area contributed by atoms with Crippen LogP contribution in [0.3, 0.4) is 0 Å². The Kier molecular flexibility index (Phi) is 3.86. The van der Waals surface area contributed by atoms with E-state index < -0.39 is 0 Å². The molecular weight excluding hydrogens is 305 g/mol. The summed E-state index contributed by atoms with van der Waals surface area (Å²) in [5.41, 5.74) is 8.95. The van der Waals surface area contributed by atoms with Crippen molar-refractivity contribution in [2.24, 2.45) is 0 Å². The Bertz CT molecular complexity index is 746. The molecule has 1 aromatic heterocycles. The molecule has 3 rings (SSSR count). The topological polar surface area (TPSA) is 43.8 Å². The molecule has 0 atom stereocenters. The van der Waals surface area contributed by atoms with Gasteiger partial charge in [0.05, 0.1) is 12.2 Å². The number of halogens is 2. The SMILES string of the molecule is Nc1cc(-c2ccc(Cl)cc2)nn1Cc1ccc(Cl)cc1. The van der Waals surface area contributed by atoms with E-state index in [-0.39, 0.29) is 0 Å². The fourth-order valence-corrected chi connectivity index (χ4v) is 2.33. The molecule has 0 saturated heterocycles. The first-order valence-electron chi connectivity index (χ1n) is 6.45. The third-order valence-electron chi connectivity index (χ3n) is 3.20. The first-order valence-corrected chi connectivity index (χ1v) is 7.21. The summed E-state index contributed by atoms with van der Waals surface area (Å²) in [5, 5.41) is 5.96. The zero-order valence-corrected chi connectivity index (χ0v) is 12.6. The smallest absolute Gasteiger partial charge is 0.122 e. The number of aromatic nitrogens is 2. The van der Waals surface area contributed by atoms with E-state index in [1.165, 1.54) is 0 Å². The number of nitrogens with zero attached hydrogens (tertiary/aromatic N) is 2. The second-order valence-electron chi connectivity index (χ2n) is 4.75. The van der Waals surface area contributed by atoms with Crippen LogP contribution in [0.25, 0.3) is 11.3 Å². The maximum absolute atomic E-state index is 6.03. The number of hydrogen-bond donors (Lipinski definition) is 1. The third-order valence-corrected chi connectivity index (χ3v) is 3.70. The molecule has 2 aromatic carbocycles. The van der Waals surface area contributed by atoms with Gasteiger partial charge in [0.15, 0.2) is 0 Å². The van der Waals surface area contributed by atoms with Crippen molar-refractivity contribution in [3.8, 4) is 11.3 Å². The maximum Gasteiger partial charge on any atom is 0.122 e. The minimum absolute atomic E-state index is 0.608. The lowest BCUT2D eigenvalue weighted by atomic mass is 10.1. The van der Waals surface area contributed by atoms with Gasteiger partial charge in [-0.3, -0.25) is 0 Å². The molecule has 0 amide bonds. The Balaban J connectivity index is 1.87. The lowest BCUT2D eigenvalue weighted by Gasteiger charge is -2.04. The summed E-state index contributed by atoms with van der Waals surface area (Å²) in [6.07, 6.45) is 0. The molecule has 0 aliphatic rings. The minimum Gasteiger partial charge on any atom is -0.384 e. The van der Waals surface area contributed by atoms with E-state index in [1.54, 1.807) is 4.68 Å². The Hall–Kier alpha value is -1.97. The van der Waals surface area contributed by atoms with Crippen molar-refractivity contribution in [1.82, 2.24) is 9.78 Å². The quantitative estimate of drug-likeness (QED) is 0.773. The first kappa shape index (κ1) is 14.0. The fraction of sp³-hybridized carbons (Fsp3) is 0.0625. The molecule has 0 fully saturated rings. The second-order valence-corrected chi connectivity index (χ2v) is 5.62. The molecule has 1 heterocycles. The van der Waals surface area contributed by atoms with Crippen molar-refractivity contribution in [3.05, 3.63) is 70.2 Å². The summed E-state index contributed by atoms with van der Waals surface area (Å²) in [7, 11) is 0. The van der Waals surface area contributed by atoms with Gasteiger partial charge < -0.3 is 5.73 Å². The number of hydrogen-bond acceptors (Lipinski definition) is 2. The van der Waals surface area contributed by atoms with Crippen molar-refractivity contribution in [3.63, 3.8) is 0 Å². The zero-order valence-electron chi connectivity index (χ0n) is 11.1. The van der Waals surface area contributed by atoms with Crippen LogP contribution in [0, 0.1) is 0 Å². The highest BCUT2D eigenvalue weighted by Gasteiger charge is 2.07. The average Bonchev–Trinajstić information content (AvgIpc) is 2.83. The second kappa shape index (κ2) is 5.80. The van der Waals surface area contributed by atoms with E-state index in [4.69, 9.17) is 28.9 Å². The predicted molar refractivity (Wildman–Crippen MR) is 87.6 cm³/mol. The summed E-state index contributed by atoms with van der Waals surface area (Å²) in [6, 6.07) is 17.0.